The Morgan fingerprint density at radius 3 is 2.30 bits per heavy atom. The maximum absolute atomic E-state index is 13.9. The normalized spacial score (nSPS) is 15.6. The van der Waals surface area contributed by atoms with E-state index in [1.807, 2.05) is 6.92 Å². The molecule has 1 saturated carbocycles. The molecule has 9 nitrogen and oxygen atoms in total. The number of rotatable bonds is 11. The summed E-state index contributed by atoms with van der Waals surface area (Å²) in [6, 6.07) is 3.11. The molecule has 254 valence electrons. The monoisotopic (exact) mass is 666 g/mol. The molecule has 5 rings (SSSR count). The Balaban J connectivity index is 1.70. The van der Waals surface area contributed by atoms with E-state index in [2.05, 4.69) is 25.4 Å². The number of nitrogens with zero attached hydrogens (tertiary/aromatic N) is 4. The van der Waals surface area contributed by atoms with Gasteiger partial charge in [-0.25, -0.2) is 9.78 Å². The van der Waals surface area contributed by atoms with Gasteiger partial charge in [-0.3, -0.25) is 5.10 Å². The summed E-state index contributed by atoms with van der Waals surface area (Å²) in [5.74, 6) is 0.107. The summed E-state index contributed by atoms with van der Waals surface area (Å²) in [5, 5.41) is 10.9. The van der Waals surface area contributed by atoms with Crippen molar-refractivity contribution in [3.63, 3.8) is 0 Å². The van der Waals surface area contributed by atoms with Crippen molar-refractivity contribution < 1.29 is 40.3 Å². The first-order valence-corrected chi connectivity index (χ1v) is 15.4. The molecule has 0 aliphatic heterocycles. The lowest BCUT2D eigenvalue weighted by molar-refractivity contribution is -0.143. The largest absolute Gasteiger partial charge is 0.461 e. The summed E-state index contributed by atoms with van der Waals surface area (Å²) in [5.41, 5.74) is -3.20. The van der Waals surface area contributed by atoms with Gasteiger partial charge in [-0.05, 0) is 82.7 Å². The number of hydrogen-bond acceptors (Lipinski definition) is 8. The molecule has 2 N–H and O–H groups in total. The minimum atomic E-state index is -5.03. The SMILES string of the molecule is CCOC(=O)c1coc(NC(C)(Cc2cc(C(F)(F)F)cc(C(F)(F)F)c2)c2cc3c(C)n[nH]c3nc2N(CC)CC2CCCC2)n1. The van der Waals surface area contributed by atoms with Crippen molar-refractivity contribution in [2.45, 2.75) is 77.7 Å². The first-order chi connectivity index (χ1) is 22.1. The number of fused-ring (bicyclic) bond motifs is 1. The summed E-state index contributed by atoms with van der Waals surface area (Å²) in [6.07, 6.45) is -5.11. The van der Waals surface area contributed by atoms with Crippen LogP contribution in [0.2, 0.25) is 0 Å². The van der Waals surface area contributed by atoms with Crippen LogP contribution in [0.25, 0.3) is 11.0 Å². The molecule has 1 fully saturated rings. The summed E-state index contributed by atoms with van der Waals surface area (Å²) in [7, 11) is 0. The highest BCUT2D eigenvalue weighted by molar-refractivity contribution is 5.87. The molecule has 1 aliphatic carbocycles. The molecule has 47 heavy (non-hydrogen) atoms. The molecule has 1 aromatic carbocycles. The van der Waals surface area contributed by atoms with Gasteiger partial charge in [0.25, 0.3) is 6.01 Å². The van der Waals surface area contributed by atoms with E-state index < -0.39 is 35.0 Å². The molecule has 0 spiro atoms. The van der Waals surface area contributed by atoms with Crippen molar-refractivity contribution in [3.05, 3.63) is 64.2 Å². The number of halogens is 6. The van der Waals surface area contributed by atoms with Crippen LogP contribution < -0.4 is 10.2 Å². The average molecular weight is 667 g/mol. The lowest BCUT2D eigenvalue weighted by Gasteiger charge is -2.36. The van der Waals surface area contributed by atoms with Gasteiger partial charge >= 0.3 is 18.3 Å². The molecule has 15 heteroatoms. The average Bonchev–Trinajstić information content (AvgIpc) is 3.76. The molecule has 1 atom stereocenters. The standard InChI is InChI=1S/C32H36F6N6O3/c1-5-44(16-19-9-7-8-10-19)27-24(14-23-18(3)42-43-26(23)40-27)30(4,41-29-39-25(17-47-29)28(45)46-6-2)15-20-11-21(31(33,34)35)13-22(12-20)32(36,37)38/h11-14,17,19H,5-10,15-16H2,1-4H3,(H,39,41)(H,40,42,43). The number of ether oxygens (including phenoxy) is 1. The third kappa shape index (κ3) is 7.49. The summed E-state index contributed by atoms with van der Waals surface area (Å²) < 4.78 is 93.9. The topological polar surface area (TPSA) is 109 Å². The van der Waals surface area contributed by atoms with Gasteiger partial charge in [-0.2, -0.15) is 36.4 Å². The molecule has 0 saturated heterocycles. The minimum Gasteiger partial charge on any atom is -0.461 e. The van der Waals surface area contributed by atoms with Gasteiger partial charge in [0.15, 0.2) is 11.3 Å². The Morgan fingerprint density at radius 2 is 1.70 bits per heavy atom. The Morgan fingerprint density at radius 1 is 1.04 bits per heavy atom. The van der Waals surface area contributed by atoms with E-state index in [1.54, 1.807) is 26.8 Å². The predicted octanol–water partition coefficient (Wildman–Crippen LogP) is 8.06. The van der Waals surface area contributed by atoms with E-state index in [0.29, 0.717) is 59.2 Å². The van der Waals surface area contributed by atoms with Crippen LogP contribution in [0.5, 0.6) is 0 Å². The number of aromatic amines is 1. The highest BCUT2D eigenvalue weighted by atomic mass is 19.4. The van der Waals surface area contributed by atoms with Gasteiger partial charge in [-0.15, -0.1) is 0 Å². The molecule has 3 aromatic heterocycles. The van der Waals surface area contributed by atoms with Crippen molar-refractivity contribution in [2.75, 3.05) is 29.9 Å². The van der Waals surface area contributed by atoms with Crippen molar-refractivity contribution >= 4 is 28.8 Å². The highest BCUT2D eigenvalue weighted by Crippen LogP contribution is 2.41. The number of aromatic nitrogens is 4. The van der Waals surface area contributed by atoms with Gasteiger partial charge in [0.1, 0.15) is 12.1 Å². The number of pyridine rings is 1. The van der Waals surface area contributed by atoms with Crippen LogP contribution in [0.3, 0.4) is 0 Å². The number of nitrogens with one attached hydrogen (secondary N) is 2. The number of aryl methyl sites for hydroxylation is 1. The maximum atomic E-state index is 13.9. The van der Waals surface area contributed by atoms with Crippen LogP contribution in [-0.2, 0) is 29.0 Å². The van der Waals surface area contributed by atoms with Crippen LogP contribution in [0.1, 0.15) is 84.9 Å². The fourth-order valence-electron chi connectivity index (χ4n) is 6.18. The second-order valence-corrected chi connectivity index (χ2v) is 12.1. The van der Waals surface area contributed by atoms with Crippen molar-refractivity contribution in [2.24, 2.45) is 5.92 Å². The third-order valence-corrected chi connectivity index (χ3v) is 8.53. The summed E-state index contributed by atoms with van der Waals surface area (Å²) in [6.45, 7) is 8.21. The van der Waals surface area contributed by atoms with Crippen LogP contribution in [0.15, 0.2) is 34.9 Å². The number of carbonyl (C=O) groups excluding carboxylic acids is 1. The lowest BCUT2D eigenvalue weighted by atomic mass is 9.83. The maximum Gasteiger partial charge on any atom is 0.416 e. The number of H-pyrrole nitrogens is 1. The molecule has 3 heterocycles. The number of esters is 1. The minimum absolute atomic E-state index is 0.0796. The Bertz CT molecular complexity index is 1690. The predicted molar refractivity (Wildman–Crippen MR) is 162 cm³/mol. The van der Waals surface area contributed by atoms with E-state index >= 15 is 0 Å². The molecular formula is C32H36F6N6O3. The van der Waals surface area contributed by atoms with Crippen molar-refractivity contribution in [1.82, 2.24) is 20.2 Å². The van der Waals surface area contributed by atoms with Crippen LogP contribution >= 0.6 is 0 Å². The molecule has 1 aliphatic rings. The molecule has 0 amide bonds. The third-order valence-electron chi connectivity index (χ3n) is 8.53. The van der Waals surface area contributed by atoms with Crippen LogP contribution in [0.4, 0.5) is 38.2 Å². The number of hydrogen-bond donors (Lipinski definition) is 2. The Hall–Kier alpha value is -4.30. The Kier molecular flexibility index (Phi) is 9.47. The first-order valence-electron chi connectivity index (χ1n) is 15.4. The molecule has 4 aromatic rings. The van der Waals surface area contributed by atoms with E-state index in [4.69, 9.17) is 14.1 Å². The number of carbonyl (C=O) groups is 1. The van der Waals surface area contributed by atoms with Gasteiger partial charge in [0.05, 0.1) is 29.0 Å². The summed E-state index contributed by atoms with van der Waals surface area (Å²) in [4.78, 5) is 23.5. The lowest BCUT2D eigenvalue weighted by Crippen LogP contribution is -2.39. The molecular weight excluding hydrogens is 630 g/mol. The fourth-order valence-corrected chi connectivity index (χ4v) is 6.18. The van der Waals surface area contributed by atoms with E-state index in [-0.39, 0.29) is 36.4 Å². The van der Waals surface area contributed by atoms with Gasteiger partial charge in [-0.1, -0.05) is 12.8 Å². The zero-order valence-electron chi connectivity index (χ0n) is 26.4. The Labute approximate surface area is 267 Å². The number of alkyl halides is 6. The van der Waals surface area contributed by atoms with E-state index in [0.717, 1.165) is 31.9 Å². The van der Waals surface area contributed by atoms with E-state index in [9.17, 15) is 31.1 Å². The fraction of sp³-hybridized carbons (Fsp3) is 0.500. The molecule has 1 unspecified atom stereocenters. The van der Waals surface area contributed by atoms with Crippen molar-refractivity contribution in [1.29, 1.82) is 0 Å². The summed E-state index contributed by atoms with van der Waals surface area (Å²) >= 11 is 0. The quantitative estimate of drug-likeness (QED) is 0.122. The van der Waals surface area contributed by atoms with Gasteiger partial charge < -0.3 is 19.4 Å². The van der Waals surface area contributed by atoms with Crippen LogP contribution in [-0.4, -0.2) is 45.8 Å². The zero-order valence-corrected chi connectivity index (χ0v) is 26.4. The molecule has 0 bridgehead atoms. The van der Waals surface area contributed by atoms with E-state index in [1.165, 1.54) is 0 Å². The first kappa shape index (κ1) is 34.0. The molecule has 0 radical (unpaired) electrons. The van der Waals surface area contributed by atoms with Gasteiger partial charge in [0, 0.05) is 24.0 Å². The number of oxazole rings is 1. The smallest absolute Gasteiger partial charge is 0.416 e. The highest BCUT2D eigenvalue weighted by Gasteiger charge is 2.40. The second kappa shape index (κ2) is 13.1. The van der Waals surface area contributed by atoms with Crippen molar-refractivity contribution in [3.8, 4) is 0 Å². The second-order valence-electron chi connectivity index (χ2n) is 12.1. The number of benzene rings is 1. The van der Waals surface area contributed by atoms with Crippen LogP contribution in [0, 0.1) is 12.8 Å². The van der Waals surface area contributed by atoms with Gasteiger partial charge in [0.2, 0.25) is 0 Å². The zero-order chi connectivity index (χ0) is 34.1. The number of anilines is 2.